The van der Waals surface area contributed by atoms with Gasteiger partial charge in [-0.2, -0.15) is 0 Å². The number of nitrogens with one attached hydrogen (secondary N) is 1. The fourth-order valence-corrected chi connectivity index (χ4v) is 1.48. The van der Waals surface area contributed by atoms with E-state index in [2.05, 4.69) is 10.3 Å². The standard InChI is InChI=1S/C11H15Cl2N3O2/c1-11(2,14)10(17)15-3-4-18-9-8(13)5-7(12)6-16-9/h5-6H,3-4,14H2,1-2H3,(H,15,17). The molecular formula is C11H15Cl2N3O2. The third-order valence-electron chi connectivity index (χ3n) is 1.99. The Morgan fingerprint density at radius 3 is 2.78 bits per heavy atom. The molecule has 100 valence electrons. The van der Waals surface area contributed by atoms with Gasteiger partial charge in [-0.15, -0.1) is 0 Å². The molecule has 3 N–H and O–H groups in total. The lowest BCUT2D eigenvalue weighted by Crippen LogP contribution is -2.49. The van der Waals surface area contributed by atoms with Crippen molar-refractivity contribution in [2.75, 3.05) is 13.2 Å². The van der Waals surface area contributed by atoms with Crippen LogP contribution in [0.15, 0.2) is 12.3 Å². The van der Waals surface area contributed by atoms with Crippen molar-refractivity contribution in [2.45, 2.75) is 19.4 Å². The van der Waals surface area contributed by atoms with Crippen LogP contribution in [0.4, 0.5) is 0 Å². The summed E-state index contributed by atoms with van der Waals surface area (Å²) >= 11 is 11.6. The normalized spacial score (nSPS) is 11.2. The number of hydrogen-bond donors (Lipinski definition) is 2. The molecule has 1 heterocycles. The van der Waals surface area contributed by atoms with Crippen LogP contribution in [-0.2, 0) is 4.79 Å². The Morgan fingerprint density at radius 2 is 2.22 bits per heavy atom. The number of halogens is 2. The van der Waals surface area contributed by atoms with Gasteiger partial charge in [-0.1, -0.05) is 23.2 Å². The van der Waals surface area contributed by atoms with E-state index in [1.54, 1.807) is 13.8 Å². The molecule has 5 nitrogen and oxygen atoms in total. The Kier molecular flexibility index (Phi) is 5.19. The van der Waals surface area contributed by atoms with Crippen LogP contribution in [0.25, 0.3) is 0 Å². The van der Waals surface area contributed by atoms with E-state index in [1.807, 2.05) is 0 Å². The number of carbonyl (C=O) groups is 1. The van der Waals surface area contributed by atoms with Crippen LogP contribution < -0.4 is 15.8 Å². The molecule has 0 saturated carbocycles. The SMILES string of the molecule is CC(C)(N)C(=O)NCCOc1ncc(Cl)cc1Cl. The molecular weight excluding hydrogens is 277 g/mol. The van der Waals surface area contributed by atoms with Crippen molar-refractivity contribution in [3.05, 3.63) is 22.3 Å². The summed E-state index contributed by atoms with van der Waals surface area (Å²) in [6.45, 7) is 3.82. The van der Waals surface area contributed by atoms with Crippen molar-refractivity contribution in [1.82, 2.24) is 10.3 Å². The van der Waals surface area contributed by atoms with Gasteiger partial charge < -0.3 is 15.8 Å². The number of nitrogens with two attached hydrogens (primary N) is 1. The molecule has 0 radical (unpaired) electrons. The second-order valence-electron chi connectivity index (χ2n) is 4.27. The second kappa shape index (κ2) is 6.22. The number of aromatic nitrogens is 1. The molecule has 1 rings (SSSR count). The first-order valence-corrected chi connectivity index (χ1v) is 6.07. The number of nitrogens with zero attached hydrogens (tertiary/aromatic N) is 1. The Morgan fingerprint density at radius 1 is 1.56 bits per heavy atom. The van der Waals surface area contributed by atoms with Gasteiger partial charge in [-0.25, -0.2) is 4.98 Å². The molecule has 18 heavy (non-hydrogen) atoms. The first-order chi connectivity index (χ1) is 8.30. The quantitative estimate of drug-likeness (QED) is 0.808. The van der Waals surface area contributed by atoms with Gasteiger partial charge in [0.15, 0.2) is 0 Å². The summed E-state index contributed by atoms with van der Waals surface area (Å²) in [4.78, 5) is 15.4. The maximum Gasteiger partial charge on any atom is 0.239 e. The number of amides is 1. The molecule has 0 aliphatic heterocycles. The second-order valence-corrected chi connectivity index (χ2v) is 5.11. The van der Waals surface area contributed by atoms with Crippen LogP contribution in [0.1, 0.15) is 13.8 Å². The van der Waals surface area contributed by atoms with Gasteiger partial charge in [0.1, 0.15) is 11.6 Å². The monoisotopic (exact) mass is 291 g/mol. The first kappa shape index (κ1) is 15.0. The minimum Gasteiger partial charge on any atom is -0.475 e. The molecule has 1 aromatic rings. The van der Waals surface area contributed by atoms with Gasteiger partial charge in [0.25, 0.3) is 0 Å². The molecule has 0 unspecified atom stereocenters. The zero-order valence-corrected chi connectivity index (χ0v) is 11.7. The summed E-state index contributed by atoms with van der Waals surface area (Å²) in [6.07, 6.45) is 1.43. The van der Waals surface area contributed by atoms with Gasteiger partial charge in [0, 0.05) is 6.20 Å². The topological polar surface area (TPSA) is 77.2 Å². The molecule has 0 spiro atoms. The van der Waals surface area contributed by atoms with E-state index >= 15 is 0 Å². The molecule has 0 aliphatic rings. The summed E-state index contributed by atoms with van der Waals surface area (Å²) in [5, 5.41) is 3.40. The van der Waals surface area contributed by atoms with E-state index in [1.165, 1.54) is 12.3 Å². The zero-order valence-electron chi connectivity index (χ0n) is 10.2. The van der Waals surface area contributed by atoms with Gasteiger partial charge in [-0.05, 0) is 19.9 Å². The molecule has 0 atom stereocenters. The van der Waals surface area contributed by atoms with Crippen LogP contribution in [0.5, 0.6) is 5.88 Å². The lowest BCUT2D eigenvalue weighted by molar-refractivity contribution is -0.125. The van der Waals surface area contributed by atoms with E-state index in [9.17, 15) is 4.79 Å². The lowest BCUT2D eigenvalue weighted by Gasteiger charge is -2.17. The van der Waals surface area contributed by atoms with Crippen molar-refractivity contribution in [2.24, 2.45) is 5.73 Å². The first-order valence-electron chi connectivity index (χ1n) is 5.31. The van der Waals surface area contributed by atoms with Crippen molar-refractivity contribution in [3.63, 3.8) is 0 Å². The number of rotatable bonds is 5. The van der Waals surface area contributed by atoms with E-state index in [0.29, 0.717) is 16.6 Å². The van der Waals surface area contributed by atoms with Crippen LogP contribution in [-0.4, -0.2) is 29.6 Å². The number of carbonyl (C=O) groups excluding carboxylic acids is 1. The Bertz CT molecular complexity index is 433. The van der Waals surface area contributed by atoms with Crippen LogP contribution >= 0.6 is 23.2 Å². The van der Waals surface area contributed by atoms with E-state index in [0.717, 1.165) is 0 Å². The number of pyridine rings is 1. The van der Waals surface area contributed by atoms with Crippen molar-refractivity contribution in [1.29, 1.82) is 0 Å². The van der Waals surface area contributed by atoms with Gasteiger partial charge in [0.05, 0.1) is 17.1 Å². The Hall–Kier alpha value is -1.04. The fraction of sp³-hybridized carbons (Fsp3) is 0.455. The van der Waals surface area contributed by atoms with Crippen LogP contribution in [0.2, 0.25) is 10.0 Å². The smallest absolute Gasteiger partial charge is 0.239 e. The third-order valence-corrected chi connectivity index (χ3v) is 2.46. The summed E-state index contributed by atoms with van der Waals surface area (Å²) in [5.41, 5.74) is 4.71. The molecule has 0 aliphatic carbocycles. The highest BCUT2D eigenvalue weighted by Crippen LogP contribution is 2.24. The lowest BCUT2D eigenvalue weighted by atomic mass is 10.1. The number of ether oxygens (including phenoxy) is 1. The van der Waals surface area contributed by atoms with E-state index < -0.39 is 5.54 Å². The average molecular weight is 292 g/mol. The Balaban J connectivity index is 2.36. The van der Waals surface area contributed by atoms with Crippen molar-refractivity contribution < 1.29 is 9.53 Å². The maximum absolute atomic E-state index is 11.4. The molecule has 1 aromatic heterocycles. The summed E-state index contributed by atoms with van der Waals surface area (Å²) in [6, 6.07) is 1.53. The maximum atomic E-state index is 11.4. The highest BCUT2D eigenvalue weighted by molar-refractivity contribution is 6.35. The molecule has 0 fully saturated rings. The zero-order chi connectivity index (χ0) is 13.8. The predicted octanol–water partition coefficient (Wildman–Crippen LogP) is 1.62. The minimum atomic E-state index is -0.907. The van der Waals surface area contributed by atoms with Gasteiger partial charge in [-0.3, -0.25) is 4.79 Å². The fourth-order valence-electron chi connectivity index (χ4n) is 1.05. The molecule has 7 heteroatoms. The van der Waals surface area contributed by atoms with Crippen molar-refractivity contribution >= 4 is 29.1 Å². The average Bonchev–Trinajstić information content (AvgIpc) is 2.25. The largest absolute Gasteiger partial charge is 0.475 e. The van der Waals surface area contributed by atoms with Crippen molar-refractivity contribution in [3.8, 4) is 5.88 Å². The number of hydrogen-bond acceptors (Lipinski definition) is 4. The molecule has 0 bridgehead atoms. The van der Waals surface area contributed by atoms with E-state index in [4.69, 9.17) is 33.7 Å². The summed E-state index contributed by atoms with van der Waals surface area (Å²) in [7, 11) is 0. The molecule has 0 aromatic carbocycles. The minimum absolute atomic E-state index is 0.246. The molecule has 0 saturated heterocycles. The van der Waals surface area contributed by atoms with Gasteiger partial charge in [0.2, 0.25) is 11.8 Å². The van der Waals surface area contributed by atoms with E-state index in [-0.39, 0.29) is 18.4 Å². The highest BCUT2D eigenvalue weighted by Gasteiger charge is 2.20. The van der Waals surface area contributed by atoms with Gasteiger partial charge >= 0.3 is 0 Å². The highest BCUT2D eigenvalue weighted by atomic mass is 35.5. The Labute approximate surface area is 116 Å². The summed E-state index contributed by atoms with van der Waals surface area (Å²) < 4.78 is 5.30. The summed E-state index contributed by atoms with van der Waals surface area (Å²) in [5.74, 6) is 0.0311. The van der Waals surface area contributed by atoms with Crippen LogP contribution in [0, 0.1) is 0 Å². The third kappa shape index (κ3) is 4.68. The molecule has 1 amide bonds. The predicted molar refractivity (Wildman–Crippen MR) is 71.0 cm³/mol. The van der Waals surface area contributed by atoms with Crippen LogP contribution in [0.3, 0.4) is 0 Å².